The van der Waals surface area contributed by atoms with Gasteiger partial charge in [-0.1, -0.05) is 149 Å². The maximum absolute atomic E-state index is 2.46. The fraction of sp³-hybridized carbons (Fsp3) is 0.400. The van der Waals surface area contributed by atoms with Crippen molar-refractivity contribution in [3.05, 3.63) is 132 Å². The summed E-state index contributed by atoms with van der Waals surface area (Å²) in [5.41, 5.74) is 9.77. The Morgan fingerprint density at radius 1 is 0.519 bits per heavy atom. The van der Waals surface area contributed by atoms with E-state index >= 15 is 0 Å². The minimum Gasteiger partial charge on any atom is -1.00 e. The molecule has 0 aromatic heterocycles. The third kappa shape index (κ3) is 11.4. The van der Waals surface area contributed by atoms with Gasteiger partial charge < -0.3 is 24.8 Å². The molecule has 2 aliphatic carbocycles. The summed E-state index contributed by atoms with van der Waals surface area (Å²) in [5, 5.41) is 5.63. The van der Waals surface area contributed by atoms with Crippen LogP contribution in [0.2, 0.25) is 13.1 Å². The van der Waals surface area contributed by atoms with Gasteiger partial charge in [0.15, 0.2) is 0 Å². The van der Waals surface area contributed by atoms with E-state index in [0.717, 1.165) is 0 Å². The largest absolute Gasteiger partial charge is 1.00 e. The number of hydrogen-bond donors (Lipinski definition) is 0. The first-order valence-electron chi connectivity index (χ1n) is 20.3. The van der Waals surface area contributed by atoms with Crippen molar-refractivity contribution in [1.29, 1.82) is 0 Å². The van der Waals surface area contributed by atoms with Crippen LogP contribution in [-0.4, -0.2) is 5.43 Å². The van der Waals surface area contributed by atoms with Gasteiger partial charge in [0.25, 0.3) is 0 Å². The normalized spacial score (nSPS) is 15.8. The van der Waals surface area contributed by atoms with Crippen LogP contribution in [0.15, 0.2) is 121 Å². The summed E-state index contributed by atoms with van der Waals surface area (Å²) in [7, 11) is 0. The Hall–Kier alpha value is -2.22. The third-order valence-corrected chi connectivity index (χ3v) is 12.3. The van der Waals surface area contributed by atoms with Crippen LogP contribution in [0, 0.1) is 10.8 Å². The average molecular weight is 851 g/mol. The second kappa shape index (κ2) is 21.3. The fourth-order valence-electron chi connectivity index (χ4n) is 9.32. The quantitative estimate of drug-likeness (QED) is 0.106. The van der Waals surface area contributed by atoms with Crippen molar-refractivity contribution in [1.82, 2.24) is 0 Å². The third-order valence-electron chi connectivity index (χ3n) is 12.3. The van der Waals surface area contributed by atoms with Crippen LogP contribution < -0.4 is 24.8 Å². The molecule has 0 radical (unpaired) electrons. The SMILES string of the molecule is CCC1(Cc2cc3c(-c4ccccc4)cccc3[cH-]2)CCCCC1.CCC1(Cc2cc3c(-c4ccccc4)cccc3[cH-]2)CCCCC1.C[Si](C)=[Zr+2].[Cl-].[Cl-]. The van der Waals surface area contributed by atoms with Crippen LogP contribution in [0.3, 0.4) is 0 Å². The molecule has 0 N–H and O–H groups in total. The maximum atomic E-state index is 2.46. The van der Waals surface area contributed by atoms with Crippen LogP contribution in [-0.2, 0) is 36.2 Å². The molecule has 0 spiro atoms. The van der Waals surface area contributed by atoms with Gasteiger partial charge in [0.05, 0.1) is 0 Å². The number of fused-ring (bicyclic) bond motifs is 2. The minimum absolute atomic E-state index is 0. The monoisotopic (exact) mass is 848 g/mol. The Kier molecular flexibility index (Phi) is 17.6. The van der Waals surface area contributed by atoms with E-state index < -0.39 is 0 Å². The summed E-state index contributed by atoms with van der Waals surface area (Å²) in [4.78, 5) is 0. The maximum Gasteiger partial charge on any atom is -1.00 e. The first kappa shape index (κ1) is 44.5. The van der Waals surface area contributed by atoms with Gasteiger partial charge in [0.1, 0.15) is 0 Å². The van der Waals surface area contributed by atoms with Crippen molar-refractivity contribution >= 4 is 27.0 Å². The molecule has 0 nitrogen and oxygen atoms in total. The molecule has 6 aromatic carbocycles. The van der Waals surface area contributed by atoms with E-state index in [2.05, 4.69) is 148 Å². The van der Waals surface area contributed by atoms with Gasteiger partial charge in [-0.3, -0.25) is 0 Å². The van der Waals surface area contributed by atoms with Gasteiger partial charge in [0.2, 0.25) is 0 Å². The molecule has 2 fully saturated rings. The molecule has 2 saturated carbocycles. The van der Waals surface area contributed by atoms with Crippen LogP contribution in [0.1, 0.15) is 102 Å². The van der Waals surface area contributed by atoms with Crippen LogP contribution >= 0.6 is 0 Å². The molecular formula is C50H60Cl2SiZr-2. The second-order valence-corrected chi connectivity index (χ2v) is 25.6. The molecule has 2 aliphatic rings. The van der Waals surface area contributed by atoms with Gasteiger partial charge in [-0.25, -0.2) is 0 Å². The van der Waals surface area contributed by atoms with Crippen molar-refractivity contribution in [2.75, 3.05) is 0 Å². The smallest absolute Gasteiger partial charge is 1.00 e. The van der Waals surface area contributed by atoms with Crippen LogP contribution in [0.5, 0.6) is 0 Å². The van der Waals surface area contributed by atoms with Crippen molar-refractivity contribution < 1.29 is 48.1 Å². The first-order chi connectivity index (χ1) is 25.3. The summed E-state index contributed by atoms with van der Waals surface area (Å²) in [5.74, 6) is 0. The summed E-state index contributed by atoms with van der Waals surface area (Å²) in [6.07, 6.45) is 19.4. The van der Waals surface area contributed by atoms with E-state index in [1.807, 2.05) is 0 Å². The molecular weight excluding hydrogens is 791 g/mol. The Morgan fingerprint density at radius 3 is 1.20 bits per heavy atom. The molecule has 6 aromatic rings. The molecule has 0 unspecified atom stereocenters. The zero-order valence-corrected chi connectivity index (χ0v) is 38.2. The number of halogens is 2. The summed E-state index contributed by atoms with van der Waals surface area (Å²) in [6.45, 7) is 9.40. The topological polar surface area (TPSA) is 0 Å². The average Bonchev–Trinajstić information content (AvgIpc) is 3.79. The van der Waals surface area contributed by atoms with Crippen molar-refractivity contribution in [2.45, 2.75) is 117 Å². The first-order valence-corrected chi connectivity index (χ1v) is 26.5. The van der Waals surface area contributed by atoms with E-state index in [9.17, 15) is 0 Å². The molecule has 284 valence electrons. The molecule has 0 saturated heterocycles. The Balaban J connectivity index is 0.000000212. The Labute approximate surface area is 354 Å². The van der Waals surface area contributed by atoms with Crippen molar-refractivity contribution in [3.8, 4) is 22.3 Å². The van der Waals surface area contributed by atoms with Crippen LogP contribution in [0.25, 0.3) is 43.8 Å². The number of hydrogen-bond acceptors (Lipinski definition) is 0. The van der Waals surface area contributed by atoms with E-state index in [-0.39, 0.29) is 30.2 Å². The number of benzene rings is 4. The zero-order chi connectivity index (χ0) is 36.4. The van der Waals surface area contributed by atoms with E-state index in [1.54, 1.807) is 23.3 Å². The Bertz CT molecular complexity index is 1860. The summed E-state index contributed by atoms with van der Waals surface area (Å²) < 4.78 is 0. The zero-order valence-electron chi connectivity index (χ0n) is 33.2. The molecule has 0 amide bonds. The molecule has 0 bridgehead atoms. The predicted molar refractivity (Wildman–Crippen MR) is 226 cm³/mol. The van der Waals surface area contributed by atoms with Gasteiger partial charge >= 0.3 is 41.9 Å². The van der Waals surface area contributed by atoms with Gasteiger partial charge in [-0.05, 0) is 60.5 Å². The Morgan fingerprint density at radius 2 is 0.870 bits per heavy atom. The number of rotatable bonds is 8. The summed E-state index contributed by atoms with van der Waals surface area (Å²) >= 11 is 1.74. The molecule has 0 aliphatic heterocycles. The molecule has 8 rings (SSSR count). The molecule has 0 heterocycles. The second-order valence-electron chi connectivity index (χ2n) is 16.3. The fourth-order valence-corrected chi connectivity index (χ4v) is 9.32. The van der Waals surface area contributed by atoms with Crippen molar-refractivity contribution in [2.24, 2.45) is 10.8 Å². The summed E-state index contributed by atoms with van der Waals surface area (Å²) in [6, 6.07) is 44.8. The van der Waals surface area contributed by atoms with E-state index in [1.165, 1.54) is 145 Å². The van der Waals surface area contributed by atoms with Gasteiger partial charge in [-0.15, -0.1) is 69.1 Å². The van der Waals surface area contributed by atoms with E-state index in [4.69, 9.17) is 0 Å². The molecule has 4 heteroatoms. The van der Waals surface area contributed by atoms with Crippen LogP contribution in [0.4, 0.5) is 0 Å². The van der Waals surface area contributed by atoms with Crippen molar-refractivity contribution in [3.63, 3.8) is 0 Å². The predicted octanol–water partition coefficient (Wildman–Crippen LogP) is 9.05. The van der Waals surface area contributed by atoms with Gasteiger partial charge in [0, 0.05) is 0 Å². The van der Waals surface area contributed by atoms with Gasteiger partial charge in [-0.2, -0.15) is 12.1 Å². The standard InChI is InChI=1S/2C24H27.C2H6Si.2ClH.Zr/c2*1-2-24(14-7-4-8-15-24)18-19-16-21-12-9-13-22(23(21)17-19)20-10-5-3-6-11-20;1-3-2;;;/h2*3,5-6,9-13,16-17H,2,4,7-8,14-15,18H2,1H3;1-2H3;2*1H;/q2*-1;;;;+2/p-2. The molecule has 0 atom stereocenters. The molecule has 54 heavy (non-hydrogen) atoms. The van der Waals surface area contributed by atoms with E-state index in [0.29, 0.717) is 10.8 Å². The minimum atomic E-state index is 0.